The Bertz CT molecular complexity index is 495. The van der Waals surface area contributed by atoms with Crippen LogP contribution in [-0.4, -0.2) is 63.5 Å². The van der Waals surface area contributed by atoms with Gasteiger partial charge in [0.1, 0.15) is 18.3 Å². The molecule has 0 aromatic heterocycles. The molecule has 2 fully saturated rings. The minimum Gasteiger partial charge on any atom is -0.394 e. The number of carbonyl (C=O) groups is 1. The molecule has 3 N–H and O–H groups in total. The van der Waals surface area contributed by atoms with E-state index in [9.17, 15) is 9.90 Å². The summed E-state index contributed by atoms with van der Waals surface area (Å²) in [6.07, 6.45) is -2.19. The van der Waals surface area contributed by atoms with Crippen LogP contribution in [0.2, 0.25) is 0 Å². The van der Waals surface area contributed by atoms with Crippen LogP contribution in [0.5, 0.6) is 0 Å². The molecule has 5 atom stereocenters. The minimum absolute atomic E-state index is 0.335. The molecule has 4 aliphatic rings. The first kappa shape index (κ1) is 11.1. The molecule has 0 aromatic rings. The van der Waals surface area contributed by atoms with Crippen LogP contribution in [-0.2, 0) is 9.47 Å². The molecule has 10 nitrogen and oxygen atoms in total. The molecule has 0 spiro atoms. The molecule has 102 valence electrons. The van der Waals surface area contributed by atoms with Crippen LogP contribution in [0.15, 0.2) is 22.2 Å². The van der Waals surface area contributed by atoms with E-state index in [0.717, 1.165) is 5.01 Å². The topological polar surface area (TPSA) is 119 Å². The van der Waals surface area contributed by atoms with Crippen LogP contribution in [0, 0.1) is 0 Å². The van der Waals surface area contributed by atoms with Crippen molar-refractivity contribution >= 4 is 6.03 Å². The fourth-order valence-corrected chi connectivity index (χ4v) is 2.65. The number of urea groups is 1. The molecule has 0 saturated carbocycles. The van der Waals surface area contributed by atoms with Gasteiger partial charge in [0.15, 0.2) is 18.3 Å². The van der Waals surface area contributed by atoms with Gasteiger partial charge in [-0.25, -0.2) is 4.79 Å². The fraction of sp³-hybridized carbons (Fsp3) is 0.667. The van der Waals surface area contributed by atoms with E-state index in [1.165, 1.54) is 4.90 Å². The van der Waals surface area contributed by atoms with Gasteiger partial charge in [0.25, 0.3) is 0 Å². The summed E-state index contributed by atoms with van der Waals surface area (Å²) in [5.41, 5.74) is 2.45. The van der Waals surface area contributed by atoms with Crippen molar-refractivity contribution in [3.8, 4) is 0 Å². The monoisotopic (exact) mass is 269 g/mol. The fourth-order valence-electron chi connectivity index (χ4n) is 2.65. The number of rotatable bonds is 1. The molecule has 0 aromatic carbocycles. The summed E-state index contributed by atoms with van der Waals surface area (Å²) in [6.45, 7) is -0.335. The Labute approximate surface area is 106 Å². The zero-order valence-corrected chi connectivity index (χ0v) is 9.58. The highest BCUT2D eigenvalue weighted by Crippen LogP contribution is 2.38. The molecule has 2 amide bonds. The van der Waals surface area contributed by atoms with Crippen molar-refractivity contribution in [1.29, 1.82) is 0 Å². The van der Waals surface area contributed by atoms with E-state index in [-0.39, 0.29) is 6.61 Å². The van der Waals surface area contributed by atoms with E-state index in [1.54, 1.807) is 6.08 Å². The number of aliphatic hydroxyl groups excluding tert-OH is 2. The van der Waals surface area contributed by atoms with Crippen molar-refractivity contribution in [3.63, 3.8) is 0 Å². The summed E-state index contributed by atoms with van der Waals surface area (Å²) in [6, 6.07) is -0.425. The van der Waals surface area contributed by atoms with Gasteiger partial charge in [-0.05, 0) is 0 Å². The largest absolute Gasteiger partial charge is 0.394 e. The number of hydrazine groups is 1. The van der Waals surface area contributed by atoms with Gasteiger partial charge in [-0.15, -0.1) is 5.11 Å². The van der Waals surface area contributed by atoms with Gasteiger partial charge in [-0.2, -0.15) is 10.5 Å². The van der Waals surface area contributed by atoms with Crippen molar-refractivity contribution in [2.24, 2.45) is 10.3 Å². The average Bonchev–Trinajstić information content (AvgIpc) is 3.05. The standard InChI is InChI=1S/C9H11N5O5/c15-2-3-6(16)7-8(18-3)13-5(19-7)1-4-10-11-12-14(4)9(13)17/h1,3,5-8,15-16H,2H2,(H,10,12)/t3-,5?,6-,7+,8-/m1/s1. The molecule has 0 aliphatic carbocycles. The third-order valence-electron chi connectivity index (χ3n) is 3.57. The minimum atomic E-state index is -0.976. The van der Waals surface area contributed by atoms with Crippen molar-refractivity contribution in [2.75, 3.05) is 6.61 Å². The predicted octanol–water partition coefficient (Wildman–Crippen LogP) is -1.75. The molecule has 1 unspecified atom stereocenters. The lowest BCUT2D eigenvalue weighted by Gasteiger charge is -2.32. The molecule has 4 aliphatic heterocycles. The maximum Gasteiger partial charge on any atom is 0.350 e. The van der Waals surface area contributed by atoms with E-state index in [2.05, 4.69) is 15.9 Å². The Morgan fingerprint density at radius 2 is 2.32 bits per heavy atom. The lowest BCUT2D eigenvalue weighted by molar-refractivity contribution is -0.0876. The van der Waals surface area contributed by atoms with Crippen molar-refractivity contribution in [1.82, 2.24) is 15.4 Å². The second-order valence-electron chi connectivity index (χ2n) is 4.58. The van der Waals surface area contributed by atoms with E-state index in [1.807, 2.05) is 0 Å². The van der Waals surface area contributed by atoms with E-state index >= 15 is 0 Å². The molecule has 19 heavy (non-hydrogen) atoms. The summed E-state index contributed by atoms with van der Waals surface area (Å²) < 4.78 is 11.1. The number of amides is 2. The van der Waals surface area contributed by atoms with Crippen molar-refractivity contribution in [2.45, 2.75) is 30.8 Å². The summed E-state index contributed by atoms with van der Waals surface area (Å²) in [4.78, 5) is 13.6. The SMILES string of the molecule is O=C1N2NN=NC2=CC2O[C@H]3[C@H](O)[C@@H](CO)O[C@H]3N12. The Balaban J connectivity index is 1.67. The van der Waals surface area contributed by atoms with Crippen LogP contribution in [0.3, 0.4) is 0 Å². The lowest BCUT2D eigenvalue weighted by Crippen LogP contribution is -2.54. The third-order valence-corrected chi connectivity index (χ3v) is 3.57. The number of hydrogen-bond donors (Lipinski definition) is 3. The second-order valence-corrected chi connectivity index (χ2v) is 4.58. The number of carbonyl (C=O) groups excluding carboxylic acids is 1. The molecule has 2 saturated heterocycles. The quantitative estimate of drug-likeness (QED) is 0.519. The Morgan fingerprint density at radius 3 is 3.11 bits per heavy atom. The summed E-state index contributed by atoms with van der Waals surface area (Å²) >= 11 is 0. The van der Waals surface area contributed by atoms with Crippen LogP contribution < -0.4 is 5.53 Å². The maximum atomic E-state index is 12.3. The third kappa shape index (κ3) is 1.31. The summed E-state index contributed by atoms with van der Waals surface area (Å²) in [7, 11) is 0. The lowest BCUT2D eigenvalue weighted by atomic mass is 10.1. The van der Waals surface area contributed by atoms with Gasteiger partial charge in [0.05, 0.1) is 6.61 Å². The summed E-state index contributed by atoms with van der Waals surface area (Å²) in [5.74, 6) is 0.347. The molecule has 0 bridgehead atoms. The number of aliphatic hydroxyl groups is 2. The average molecular weight is 269 g/mol. The Morgan fingerprint density at radius 1 is 1.47 bits per heavy atom. The number of ether oxygens (including phenoxy) is 2. The van der Waals surface area contributed by atoms with E-state index in [0.29, 0.717) is 5.82 Å². The van der Waals surface area contributed by atoms with Gasteiger partial charge in [-0.3, -0.25) is 4.90 Å². The number of nitrogens with one attached hydrogen (secondary N) is 1. The maximum absolute atomic E-state index is 12.3. The van der Waals surface area contributed by atoms with Gasteiger partial charge < -0.3 is 19.7 Å². The highest BCUT2D eigenvalue weighted by Gasteiger charge is 2.58. The Kier molecular flexibility index (Phi) is 2.12. The number of fused-ring (bicyclic) bond motifs is 4. The van der Waals surface area contributed by atoms with Gasteiger partial charge >= 0.3 is 6.03 Å². The smallest absolute Gasteiger partial charge is 0.350 e. The number of nitrogens with zero attached hydrogens (tertiary/aromatic N) is 4. The first-order chi connectivity index (χ1) is 9.20. The van der Waals surface area contributed by atoms with Gasteiger partial charge in [0, 0.05) is 6.08 Å². The van der Waals surface area contributed by atoms with Crippen LogP contribution in [0.4, 0.5) is 4.79 Å². The highest BCUT2D eigenvalue weighted by atomic mass is 16.6. The predicted molar refractivity (Wildman–Crippen MR) is 55.6 cm³/mol. The molecular formula is C9H11N5O5. The van der Waals surface area contributed by atoms with Gasteiger partial charge in [-0.1, -0.05) is 5.22 Å². The normalized spacial score (nSPS) is 42.9. The molecular weight excluding hydrogens is 258 g/mol. The second kappa shape index (κ2) is 3.63. The van der Waals surface area contributed by atoms with Crippen molar-refractivity contribution in [3.05, 3.63) is 11.9 Å². The van der Waals surface area contributed by atoms with Crippen LogP contribution in [0.25, 0.3) is 0 Å². The van der Waals surface area contributed by atoms with E-state index in [4.69, 9.17) is 14.6 Å². The highest BCUT2D eigenvalue weighted by molar-refractivity contribution is 5.78. The van der Waals surface area contributed by atoms with Crippen LogP contribution >= 0.6 is 0 Å². The number of hydrogen-bond acceptors (Lipinski definition) is 8. The molecule has 0 radical (unpaired) electrons. The first-order valence-corrected chi connectivity index (χ1v) is 5.81. The molecule has 10 heteroatoms. The van der Waals surface area contributed by atoms with Crippen LogP contribution in [0.1, 0.15) is 0 Å². The van der Waals surface area contributed by atoms with Gasteiger partial charge in [0.2, 0.25) is 0 Å². The Hall–Kier alpha value is -1.75. The molecule has 4 rings (SSSR count). The van der Waals surface area contributed by atoms with E-state index < -0.39 is 36.8 Å². The molecule has 4 heterocycles. The van der Waals surface area contributed by atoms with Crippen molar-refractivity contribution < 1.29 is 24.5 Å². The zero-order chi connectivity index (χ0) is 13.1. The summed E-state index contributed by atoms with van der Waals surface area (Å²) in [5, 5.41) is 27.5. The first-order valence-electron chi connectivity index (χ1n) is 5.81. The zero-order valence-electron chi connectivity index (χ0n) is 9.58.